The summed E-state index contributed by atoms with van der Waals surface area (Å²) in [6, 6.07) is 25.6. The van der Waals surface area contributed by atoms with Crippen molar-refractivity contribution < 1.29 is 9.53 Å². The Kier molecular flexibility index (Phi) is 5.76. The number of hydrogen-bond acceptors (Lipinski definition) is 3. The summed E-state index contributed by atoms with van der Waals surface area (Å²) in [6.45, 7) is 0. The fourth-order valence-electron chi connectivity index (χ4n) is 3.49. The highest BCUT2D eigenvalue weighted by Gasteiger charge is 2.33. The molecule has 0 radical (unpaired) electrons. The molecule has 4 nitrogen and oxygen atoms in total. The van der Waals surface area contributed by atoms with Gasteiger partial charge in [0.15, 0.2) is 0 Å². The zero-order chi connectivity index (χ0) is 20.2. The molecular weight excluding hydrogens is 428 g/mol. The minimum Gasteiger partial charge on any atom is -0.497 e. The number of hydrogen-bond donors (Lipinski definition) is 0. The number of methoxy groups -OCH3 is 1. The lowest BCUT2D eigenvalue weighted by Gasteiger charge is -2.22. The smallest absolute Gasteiger partial charge is 0.247 e. The van der Waals surface area contributed by atoms with Crippen LogP contribution in [0, 0.1) is 0 Å². The number of rotatable bonds is 5. The maximum absolute atomic E-state index is 13.1. The zero-order valence-corrected chi connectivity index (χ0v) is 17.7. The Morgan fingerprint density at radius 3 is 2.38 bits per heavy atom. The molecule has 0 unspecified atom stereocenters. The van der Waals surface area contributed by atoms with Gasteiger partial charge in [0.05, 0.1) is 25.3 Å². The van der Waals surface area contributed by atoms with E-state index in [2.05, 4.69) is 15.9 Å². The van der Waals surface area contributed by atoms with E-state index in [0.717, 1.165) is 32.6 Å². The van der Waals surface area contributed by atoms with Gasteiger partial charge in [0, 0.05) is 10.9 Å². The maximum atomic E-state index is 13.1. The third-order valence-corrected chi connectivity index (χ3v) is 5.57. The van der Waals surface area contributed by atoms with Crippen LogP contribution >= 0.6 is 15.9 Å². The summed E-state index contributed by atoms with van der Waals surface area (Å²) < 4.78 is 6.29. The van der Waals surface area contributed by atoms with Crippen LogP contribution in [0.5, 0.6) is 5.75 Å². The van der Waals surface area contributed by atoms with Crippen LogP contribution in [-0.4, -0.2) is 23.7 Å². The topological polar surface area (TPSA) is 41.9 Å². The molecule has 1 aliphatic rings. The molecule has 0 bridgehead atoms. The van der Waals surface area contributed by atoms with E-state index in [1.807, 2.05) is 78.9 Å². The molecule has 0 saturated heterocycles. The molecule has 0 fully saturated rings. The molecule has 0 aromatic heterocycles. The number of nitrogens with zero attached hydrogens (tertiary/aromatic N) is 2. The summed E-state index contributed by atoms with van der Waals surface area (Å²) in [5.41, 5.74) is 3.97. The molecule has 0 N–H and O–H groups in total. The van der Waals surface area contributed by atoms with Crippen molar-refractivity contribution in [2.24, 2.45) is 5.10 Å². The average molecular weight is 449 g/mol. The molecule has 5 heteroatoms. The van der Waals surface area contributed by atoms with Gasteiger partial charge in [-0.3, -0.25) is 4.79 Å². The van der Waals surface area contributed by atoms with Crippen molar-refractivity contribution >= 4 is 27.5 Å². The predicted molar refractivity (Wildman–Crippen MR) is 118 cm³/mol. The molecule has 3 aromatic carbocycles. The number of amides is 1. The van der Waals surface area contributed by atoms with Gasteiger partial charge in [-0.2, -0.15) is 5.10 Å². The van der Waals surface area contributed by atoms with E-state index in [0.29, 0.717) is 12.8 Å². The normalized spacial score (nSPS) is 15.9. The van der Waals surface area contributed by atoms with Crippen LogP contribution < -0.4 is 4.74 Å². The van der Waals surface area contributed by atoms with E-state index in [-0.39, 0.29) is 11.9 Å². The highest BCUT2D eigenvalue weighted by molar-refractivity contribution is 9.10. The summed E-state index contributed by atoms with van der Waals surface area (Å²) in [6.07, 6.45) is 0.999. The molecule has 1 heterocycles. The Bertz CT molecular complexity index is 1020. The Labute approximate surface area is 178 Å². The number of hydrazone groups is 1. The quantitative estimate of drug-likeness (QED) is 0.525. The second-order valence-electron chi connectivity index (χ2n) is 6.95. The minimum atomic E-state index is -0.129. The Morgan fingerprint density at radius 1 is 1.03 bits per heavy atom. The van der Waals surface area contributed by atoms with Gasteiger partial charge in [0.25, 0.3) is 0 Å². The van der Waals surface area contributed by atoms with Gasteiger partial charge in [-0.15, -0.1) is 0 Å². The van der Waals surface area contributed by atoms with Crippen LogP contribution in [0.3, 0.4) is 0 Å². The lowest BCUT2D eigenvalue weighted by atomic mass is 9.98. The van der Waals surface area contributed by atoms with Gasteiger partial charge >= 0.3 is 0 Å². The molecule has 0 saturated carbocycles. The fraction of sp³-hybridized carbons (Fsp3) is 0.167. The van der Waals surface area contributed by atoms with Crippen molar-refractivity contribution in [3.8, 4) is 5.75 Å². The number of ether oxygens (including phenoxy) is 1. The summed E-state index contributed by atoms with van der Waals surface area (Å²) in [7, 11) is 1.65. The average Bonchev–Trinajstić information content (AvgIpc) is 3.21. The van der Waals surface area contributed by atoms with Crippen LogP contribution in [0.25, 0.3) is 0 Å². The lowest BCUT2D eigenvalue weighted by Crippen LogP contribution is -2.28. The first-order valence-corrected chi connectivity index (χ1v) is 10.3. The summed E-state index contributed by atoms with van der Waals surface area (Å²) >= 11 is 3.47. The third-order valence-electron chi connectivity index (χ3n) is 5.04. The first-order chi connectivity index (χ1) is 14.1. The molecule has 1 aliphatic heterocycles. The minimum absolute atomic E-state index is 0.0101. The molecule has 0 aliphatic carbocycles. The van der Waals surface area contributed by atoms with Gasteiger partial charge in [0.2, 0.25) is 5.91 Å². The first kappa shape index (κ1) is 19.4. The van der Waals surface area contributed by atoms with E-state index in [1.165, 1.54) is 0 Å². The van der Waals surface area contributed by atoms with Crippen molar-refractivity contribution in [2.75, 3.05) is 7.11 Å². The van der Waals surface area contributed by atoms with Crippen molar-refractivity contribution in [1.29, 1.82) is 0 Å². The summed E-state index contributed by atoms with van der Waals surface area (Å²) in [4.78, 5) is 13.1. The lowest BCUT2D eigenvalue weighted by molar-refractivity contribution is -0.132. The number of carbonyl (C=O) groups is 1. The maximum Gasteiger partial charge on any atom is 0.247 e. The predicted octanol–water partition coefficient (Wildman–Crippen LogP) is 5.38. The molecule has 0 spiro atoms. The second-order valence-corrected chi connectivity index (χ2v) is 7.86. The van der Waals surface area contributed by atoms with E-state index in [1.54, 1.807) is 12.1 Å². The van der Waals surface area contributed by atoms with Crippen LogP contribution in [0.1, 0.15) is 29.2 Å². The van der Waals surface area contributed by atoms with Gasteiger partial charge in [0.1, 0.15) is 5.75 Å². The zero-order valence-electron chi connectivity index (χ0n) is 16.1. The van der Waals surface area contributed by atoms with Crippen LogP contribution in [0.2, 0.25) is 0 Å². The Morgan fingerprint density at radius 2 is 1.72 bits per heavy atom. The number of benzene rings is 3. The van der Waals surface area contributed by atoms with Crippen molar-refractivity contribution in [3.05, 3.63) is 100 Å². The van der Waals surface area contributed by atoms with Gasteiger partial charge in [-0.25, -0.2) is 5.01 Å². The van der Waals surface area contributed by atoms with Crippen LogP contribution in [0.4, 0.5) is 0 Å². The van der Waals surface area contributed by atoms with Gasteiger partial charge < -0.3 is 4.74 Å². The van der Waals surface area contributed by atoms with Crippen LogP contribution in [-0.2, 0) is 11.2 Å². The number of halogens is 1. The molecule has 146 valence electrons. The van der Waals surface area contributed by atoms with Crippen molar-refractivity contribution in [2.45, 2.75) is 18.9 Å². The van der Waals surface area contributed by atoms with Gasteiger partial charge in [-0.1, -0.05) is 70.5 Å². The fourth-order valence-corrected chi connectivity index (χ4v) is 3.76. The molecule has 4 rings (SSSR count). The molecule has 29 heavy (non-hydrogen) atoms. The summed E-state index contributed by atoms with van der Waals surface area (Å²) in [5.74, 6) is 0.784. The van der Waals surface area contributed by atoms with Crippen molar-refractivity contribution in [3.63, 3.8) is 0 Å². The van der Waals surface area contributed by atoms with E-state index < -0.39 is 0 Å². The molecule has 1 atom stereocenters. The van der Waals surface area contributed by atoms with Crippen molar-refractivity contribution in [1.82, 2.24) is 5.01 Å². The first-order valence-electron chi connectivity index (χ1n) is 9.47. The Balaban J connectivity index is 1.64. The molecule has 3 aromatic rings. The van der Waals surface area contributed by atoms with Crippen LogP contribution in [0.15, 0.2) is 88.4 Å². The largest absolute Gasteiger partial charge is 0.497 e. The highest BCUT2D eigenvalue weighted by atomic mass is 79.9. The van der Waals surface area contributed by atoms with E-state index >= 15 is 0 Å². The second kappa shape index (κ2) is 8.62. The van der Waals surface area contributed by atoms with Gasteiger partial charge in [-0.05, 0) is 41.0 Å². The standard InChI is InChI=1S/C24H21BrN2O2/c1-29-21-13-9-19(10-14-21)23-16-22(18-7-11-20(25)12-8-18)26-27(23)24(28)15-17-5-3-2-4-6-17/h2-14,23H,15-16H2,1H3/t23-/m0/s1. The SMILES string of the molecule is COc1ccc([C@@H]2CC(c3ccc(Br)cc3)=NN2C(=O)Cc2ccccc2)cc1. The highest BCUT2D eigenvalue weighted by Crippen LogP contribution is 2.34. The third kappa shape index (κ3) is 4.40. The van der Waals surface area contributed by atoms with E-state index in [9.17, 15) is 4.79 Å². The monoisotopic (exact) mass is 448 g/mol. The van der Waals surface area contributed by atoms with E-state index in [4.69, 9.17) is 9.84 Å². The summed E-state index contributed by atoms with van der Waals surface area (Å²) in [5, 5.41) is 6.38. The number of carbonyl (C=O) groups excluding carboxylic acids is 1. The molecule has 1 amide bonds. The Hall–Kier alpha value is -2.92. The molecular formula is C24H21BrN2O2.